The SMILES string of the molecule is COc1cncc(-c2n[nH]c3ccc(NCc4ccccc4NS(C)(=O)=O)cc23)c1. The summed E-state index contributed by atoms with van der Waals surface area (Å²) in [7, 11) is -1.75. The molecule has 8 nitrogen and oxygen atoms in total. The highest BCUT2D eigenvalue weighted by Crippen LogP contribution is 2.30. The number of H-pyrrole nitrogens is 1. The number of sulfonamides is 1. The predicted molar refractivity (Wildman–Crippen MR) is 118 cm³/mol. The first-order valence-electron chi connectivity index (χ1n) is 9.20. The smallest absolute Gasteiger partial charge is 0.229 e. The molecule has 0 fully saturated rings. The summed E-state index contributed by atoms with van der Waals surface area (Å²) in [6.07, 6.45) is 4.53. The summed E-state index contributed by atoms with van der Waals surface area (Å²) in [6.45, 7) is 0.456. The third-order valence-electron chi connectivity index (χ3n) is 4.58. The molecule has 0 radical (unpaired) electrons. The van der Waals surface area contributed by atoms with Crippen molar-refractivity contribution in [3.8, 4) is 17.0 Å². The van der Waals surface area contributed by atoms with Crippen molar-refractivity contribution in [2.24, 2.45) is 0 Å². The van der Waals surface area contributed by atoms with E-state index in [1.165, 1.54) is 0 Å². The summed E-state index contributed by atoms with van der Waals surface area (Å²) < 4.78 is 31.0. The highest BCUT2D eigenvalue weighted by Gasteiger charge is 2.11. The van der Waals surface area contributed by atoms with Gasteiger partial charge in [0.1, 0.15) is 11.4 Å². The monoisotopic (exact) mass is 423 g/mol. The van der Waals surface area contributed by atoms with Crippen LogP contribution in [0.4, 0.5) is 11.4 Å². The van der Waals surface area contributed by atoms with Crippen LogP contribution in [-0.4, -0.2) is 37.0 Å². The molecule has 0 saturated carbocycles. The molecule has 4 rings (SSSR count). The molecule has 0 unspecified atom stereocenters. The van der Waals surface area contributed by atoms with Gasteiger partial charge in [-0.1, -0.05) is 18.2 Å². The summed E-state index contributed by atoms with van der Waals surface area (Å²) in [5.41, 5.74) is 4.81. The van der Waals surface area contributed by atoms with Crippen LogP contribution in [0.3, 0.4) is 0 Å². The molecule has 154 valence electrons. The predicted octanol–water partition coefficient (Wildman–Crippen LogP) is 3.62. The van der Waals surface area contributed by atoms with Gasteiger partial charge in [-0.3, -0.25) is 14.8 Å². The first kappa shape index (κ1) is 19.7. The Morgan fingerprint density at radius 3 is 2.73 bits per heavy atom. The summed E-state index contributed by atoms with van der Waals surface area (Å²) in [5.74, 6) is 0.660. The highest BCUT2D eigenvalue weighted by atomic mass is 32.2. The van der Waals surface area contributed by atoms with Gasteiger partial charge in [0.2, 0.25) is 10.0 Å². The van der Waals surface area contributed by atoms with E-state index in [4.69, 9.17) is 4.74 Å². The Labute approximate surface area is 174 Å². The molecule has 9 heteroatoms. The van der Waals surface area contributed by atoms with Crippen molar-refractivity contribution in [2.75, 3.05) is 23.4 Å². The van der Waals surface area contributed by atoms with Crippen LogP contribution in [0.5, 0.6) is 5.75 Å². The van der Waals surface area contributed by atoms with E-state index in [2.05, 4.69) is 25.2 Å². The first-order chi connectivity index (χ1) is 14.4. The van der Waals surface area contributed by atoms with Gasteiger partial charge >= 0.3 is 0 Å². The summed E-state index contributed by atoms with van der Waals surface area (Å²) in [6, 6.07) is 15.1. The van der Waals surface area contributed by atoms with E-state index in [-0.39, 0.29) is 0 Å². The van der Waals surface area contributed by atoms with Crippen LogP contribution >= 0.6 is 0 Å². The maximum absolute atomic E-state index is 11.6. The third-order valence-corrected chi connectivity index (χ3v) is 5.17. The minimum Gasteiger partial charge on any atom is -0.495 e. The molecule has 30 heavy (non-hydrogen) atoms. The molecule has 0 aliphatic carbocycles. The summed E-state index contributed by atoms with van der Waals surface area (Å²) in [5, 5.41) is 11.8. The molecular formula is C21H21N5O3S. The van der Waals surface area contributed by atoms with Gasteiger partial charge in [0.25, 0.3) is 0 Å². The van der Waals surface area contributed by atoms with E-state index in [1.54, 1.807) is 31.6 Å². The third kappa shape index (κ3) is 4.36. The fraction of sp³-hybridized carbons (Fsp3) is 0.143. The van der Waals surface area contributed by atoms with Gasteiger partial charge in [-0.2, -0.15) is 5.10 Å². The number of hydrogen-bond donors (Lipinski definition) is 3. The Bertz CT molecular complexity index is 1300. The summed E-state index contributed by atoms with van der Waals surface area (Å²) in [4.78, 5) is 4.21. The number of rotatable bonds is 7. The second-order valence-corrected chi connectivity index (χ2v) is 8.58. The molecule has 0 amide bonds. The molecule has 4 aromatic rings. The quantitative estimate of drug-likeness (QED) is 0.419. The molecule has 2 aromatic carbocycles. The zero-order chi connectivity index (χ0) is 21.1. The lowest BCUT2D eigenvalue weighted by Gasteiger charge is -2.12. The molecule has 2 aromatic heterocycles. The Kier molecular flexibility index (Phi) is 5.28. The van der Waals surface area contributed by atoms with Crippen LogP contribution in [0.25, 0.3) is 22.2 Å². The van der Waals surface area contributed by atoms with Gasteiger partial charge in [-0.25, -0.2) is 8.42 Å². The van der Waals surface area contributed by atoms with Crippen molar-refractivity contribution in [3.63, 3.8) is 0 Å². The van der Waals surface area contributed by atoms with Crippen molar-refractivity contribution < 1.29 is 13.2 Å². The molecule has 0 aliphatic heterocycles. The lowest BCUT2D eigenvalue weighted by atomic mass is 10.1. The topological polar surface area (TPSA) is 109 Å². The molecule has 3 N–H and O–H groups in total. The molecule has 0 spiro atoms. The number of ether oxygens (including phenoxy) is 1. The molecule has 0 saturated heterocycles. The fourth-order valence-corrected chi connectivity index (χ4v) is 3.77. The highest BCUT2D eigenvalue weighted by molar-refractivity contribution is 7.92. The van der Waals surface area contributed by atoms with Crippen molar-refractivity contribution in [1.82, 2.24) is 15.2 Å². The van der Waals surface area contributed by atoms with Crippen LogP contribution in [0, 0.1) is 0 Å². The maximum atomic E-state index is 11.6. The number of nitrogens with one attached hydrogen (secondary N) is 3. The number of pyridine rings is 1. The van der Waals surface area contributed by atoms with E-state index < -0.39 is 10.0 Å². The van der Waals surface area contributed by atoms with Crippen molar-refractivity contribution in [1.29, 1.82) is 0 Å². The van der Waals surface area contributed by atoms with Gasteiger partial charge in [0, 0.05) is 29.4 Å². The number of nitrogens with zero attached hydrogens (tertiary/aromatic N) is 2. The van der Waals surface area contributed by atoms with Crippen molar-refractivity contribution >= 4 is 32.3 Å². The minimum atomic E-state index is -3.35. The lowest BCUT2D eigenvalue weighted by Crippen LogP contribution is -2.12. The van der Waals surface area contributed by atoms with Crippen LogP contribution in [0.1, 0.15) is 5.56 Å². The Hall–Kier alpha value is -3.59. The van der Waals surface area contributed by atoms with E-state index in [9.17, 15) is 8.42 Å². The molecule has 0 atom stereocenters. The van der Waals surface area contributed by atoms with Crippen LogP contribution in [0.2, 0.25) is 0 Å². The number of aromatic nitrogens is 3. The Morgan fingerprint density at radius 1 is 1.10 bits per heavy atom. The van der Waals surface area contributed by atoms with Gasteiger partial charge < -0.3 is 10.1 Å². The number of para-hydroxylation sites is 1. The van der Waals surface area contributed by atoms with E-state index in [0.29, 0.717) is 18.0 Å². The van der Waals surface area contributed by atoms with Crippen molar-refractivity contribution in [2.45, 2.75) is 6.54 Å². The molecule has 0 bridgehead atoms. The van der Waals surface area contributed by atoms with Gasteiger partial charge in [0.05, 0.1) is 30.8 Å². The average molecular weight is 423 g/mol. The summed E-state index contributed by atoms with van der Waals surface area (Å²) >= 11 is 0. The zero-order valence-corrected chi connectivity index (χ0v) is 17.3. The Balaban J connectivity index is 1.61. The second kappa shape index (κ2) is 8.03. The number of hydrogen-bond acceptors (Lipinski definition) is 6. The Morgan fingerprint density at radius 2 is 1.93 bits per heavy atom. The fourth-order valence-electron chi connectivity index (χ4n) is 3.18. The van der Waals surface area contributed by atoms with Crippen LogP contribution < -0.4 is 14.8 Å². The van der Waals surface area contributed by atoms with Gasteiger partial charge in [-0.15, -0.1) is 0 Å². The first-order valence-corrected chi connectivity index (χ1v) is 11.1. The minimum absolute atomic E-state index is 0.456. The normalized spacial score (nSPS) is 11.4. The molecule has 0 aliphatic rings. The van der Waals surface area contributed by atoms with Crippen molar-refractivity contribution in [3.05, 3.63) is 66.5 Å². The zero-order valence-electron chi connectivity index (χ0n) is 16.5. The number of benzene rings is 2. The van der Waals surface area contributed by atoms with Crippen LogP contribution in [-0.2, 0) is 16.6 Å². The van der Waals surface area contributed by atoms with Gasteiger partial charge in [0.15, 0.2) is 0 Å². The molecule has 2 heterocycles. The standard InChI is InChI=1S/C21H21N5O3S/c1-29-17-9-15(11-22-13-17)21-18-10-16(7-8-20(18)24-25-21)23-12-14-5-3-4-6-19(14)26-30(2,27)28/h3-11,13,23,26H,12H2,1-2H3,(H,24,25). The maximum Gasteiger partial charge on any atom is 0.229 e. The van der Waals surface area contributed by atoms with E-state index >= 15 is 0 Å². The second-order valence-electron chi connectivity index (χ2n) is 6.83. The van der Waals surface area contributed by atoms with E-state index in [1.807, 2.05) is 36.4 Å². The average Bonchev–Trinajstić information content (AvgIpc) is 3.15. The number of methoxy groups -OCH3 is 1. The number of aromatic amines is 1. The van der Waals surface area contributed by atoms with Crippen LogP contribution in [0.15, 0.2) is 60.9 Å². The number of fused-ring (bicyclic) bond motifs is 1. The lowest BCUT2D eigenvalue weighted by molar-refractivity contribution is 0.413. The number of anilines is 2. The molecular weight excluding hydrogens is 402 g/mol. The van der Waals surface area contributed by atoms with E-state index in [0.717, 1.165) is 39.7 Å². The largest absolute Gasteiger partial charge is 0.495 e. The van der Waals surface area contributed by atoms with Gasteiger partial charge in [-0.05, 0) is 35.9 Å².